The molecule has 0 N–H and O–H groups in total. The predicted molar refractivity (Wildman–Crippen MR) is 174 cm³/mol. The number of ether oxygens (including phenoxy) is 4. The van der Waals surface area contributed by atoms with Gasteiger partial charge in [0.25, 0.3) is 0 Å². The second-order valence-electron chi connectivity index (χ2n) is 10.4. The van der Waals surface area contributed by atoms with Gasteiger partial charge in [-0.05, 0) is 75.6 Å². The Bertz CT molecular complexity index is 1790. The highest BCUT2D eigenvalue weighted by molar-refractivity contribution is 5.92. The van der Waals surface area contributed by atoms with Gasteiger partial charge < -0.3 is 18.9 Å². The van der Waals surface area contributed by atoms with Gasteiger partial charge in [0.1, 0.15) is 23.0 Å². The van der Waals surface area contributed by atoms with Crippen molar-refractivity contribution in [2.75, 3.05) is 0 Å². The van der Waals surface area contributed by atoms with Gasteiger partial charge in [0.15, 0.2) is 0 Å². The van der Waals surface area contributed by atoms with Crippen LogP contribution in [0.15, 0.2) is 103 Å². The first-order valence-corrected chi connectivity index (χ1v) is 13.7. The summed E-state index contributed by atoms with van der Waals surface area (Å²) < 4.78 is 21.7. The highest BCUT2D eigenvalue weighted by Gasteiger charge is 2.16. The summed E-state index contributed by atoms with van der Waals surface area (Å²) in [6, 6.07) is 15.1. The normalized spacial score (nSPS) is 10.5. The van der Waals surface area contributed by atoms with E-state index in [1.807, 2.05) is 31.2 Å². The first-order valence-electron chi connectivity index (χ1n) is 13.7. The maximum atomic E-state index is 12.4. The Balaban J connectivity index is 1.98. The van der Waals surface area contributed by atoms with E-state index in [2.05, 4.69) is 26.3 Å². The number of hydrogen-bond acceptors (Lipinski definition) is 8. The molecule has 3 aromatic carbocycles. The first kappa shape index (κ1) is 33.7. The van der Waals surface area contributed by atoms with Crippen molar-refractivity contribution in [2.24, 2.45) is 0 Å². The van der Waals surface area contributed by atoms with E-state index in [0.29, 0.717) is 11.1 Å². The number of esters is 4. The third kappa shape index (κ3) is 9.11. The molecule has 8 heteroatoms. The van der Waals surface area contributed by atoms with E-state index in [1.165, 1.54) is 39.8 Å². The van der Waals surface area contributed by atoms with Crippen molar-refractivity contribution >= 4 is 36.0 Å². The summed E-state index contributed by atoms with van der Waals surface area (Å²) >= 11 is 0. The number of carbonyl (C=O) groups excluding carboxylic acids is 4. The largest absolute Gasteiger partial charge is 0.423 e. The van der Waals surface area contributed by atoms with Gasteiger partial charge in [0, 0.05) is 45.6 Å². The summed E-state index contributed by atoms with van der Waals surface area (Å²) in [4.78, 5) is 48.7. The van der Waals surface area contributed by atoms with Crippen LogP contribution in [0.25, 0.3) is 23.3 Å². The molecule has 0 aromatic heterocycles. The average Bonchev–Trinajstić information content (AvgIpc) is 2.97. The molecule has 0 saturated heterocycles. The zero-order valence-electron chi connectivity index (χ0n) is 25.9. The maximum Gasteiger partial charge on any atom is 0.338 e. The Hall–Kier alpha value is -5.76. The third-order valence-electron chi connectivity index (χ3n) is 6.18. The topological polar surface area (TPSA) is 105 Å². The Morgan fingerprint density at radius 3 is 1.47 bits per heavy atom. The molecular weight excluding hydrogens is 572 g/mol. The van der Waals surface area contributed by atoms with Gasteiger partial charge in [0.2, 0.25) is 0 Å². The number of hydrogen-bond donors (Lipinski definition) is 0. The van der Waals surface area contributed by atoms with Gasteiger partial charge in [-0.15, -0.1) is 0 Å². The molecule has 230 valence electrons. The van der Waals surface area contributed by atoms with Crippen LogP contribution in [0.2, 0.25) is 0 Å². The molecule has 0 radical (unpaired) electrons. The van der Waals surface area contributed by atoms with Crippen LogP contribution in [0.3, 0.4) is 0 Å². The fourth-order valence-corrected chi connectivity index (χ4v) is 3.67. The van der Waals surface area contributed by atoms with Crippen LogP contribution < -0.4 is 18.9 Å². The summed E-state index contributed by atoms with van der Waals surface area (Å²) in [5.41, 5.74) is 4.47. The van der Waals surface area contributed by atoms with E-state index in [1.54, 1.807) is 30.3 Å². The minimum Gasteiger partial charge on any atom is -0.423 e. The van der Waals surface area contributed by atoms with Gasteiger partial charge in [-0.2, -0.15) is 0 Å². The van der Waals surface area contributed by atoms with E-state index >= 15 is 0 Å². The molecule has 0 aliphatic rings. The van der Waals surface area contributed by atoms with Crippen LogP contribution >= 0.6 is 0 Å². The summed E-state index contributed by atoms with van der Waals surface area (Å²) in [6.45, 7) is 22.4. The number of rotatable bonds is 11. The molecule has 0 atom stereocenters. The van der Waals surface area contributed by atoms with Gasteiger partial charge in [-0.3, -0.25) is 0 Å². The first-order chi connectivity index (χ1) is 21.2. The highest BCUT2D eigenvalue weighted by atomic mass is 16.6. The van der Waals surface area contributed by atoms with E-state index in [-0.39, 0.29) is 45.3 Å². The van der Waals surface area contributed by atoms with Gasteiger partial charge in [-0.1, -0.05) is 56.7 Å². The fraction of sp³-hybridized carbons (Fsp3) is 0.135. The standard InChI is InChI=1S/C37H34O8/c1-21(2)34(38)42-29-15-14-27(32(19-29)44-36(40)23(5)6)12-10-26-11-13-28(18-25(26)9)31-17-16-30(43-35(39)22(3)4)20-33(31)45-37(41)24(7)8/h10-20H,1,3,5,7H2,2,4,6,8-9H3/b12-10+. The molecule has 0 heterocycles. The van der Waals surface area contributed by atoms with E-state index < -0.39 is 23.9 Å². The monoisotopic (exact) mass is 606 g/mol. The second kappa shape index (κ2) is 14.6. The van der Waals surface area contributed by atoms with Crippen molar-refractivity contribution in [3.8, 4) is 34.1 Å². The van der Waals surface area contributed by atoms with Gasteiger partial charge >= 0.3 is 23.9 Å². The maximum absolute atomic E-state index is 12.4. The molecule has 0 spiro atoms. The second-order valence-corrected chi connectivity index (χ2v) is 10.4. The molecule has 8 nitrogen and oxygen atoms in total. The number of benzene rings is 3. The average molecular weight is 607 g/mol. The summed E-state index contributed by atoms with van der Waals surface area (Å²) in [5.74, 6) is -1.72. The molecule has 0 unspecified atom stereocenters. The minimum atomic E-state index is -0.628. The lowest BCUT2D eigenvalue weighted by Crippen LogP contribution is -2.11. The zero-order valence-corrected chi connectivity index (χ0v) is 25.9. The molecule has 45 heavy (non-hydrogen) atoms. The lowest BCUT2D eigenvalue weighted by molar-refractivity contribution is -0.131. The van der Waals surface area contributed by atoms with Crippen LogP contribution in [0.1, 0.15) is 44.4 Å². The summed E-state index contributed by atoms with van der Waals surface area (Å²) in [6.07, 6.45) is 3.60. The molecule has 0 bridgehead atoms. The van der Waals surface area contributed by atoms with Crippen molar-refractivity contribution in [1.29, 1.82) is 0 Å². The van der Waals surface area contributed by atoms with Crippen molar-refractivity contribution in [3.05, 3.63) is 120 Å². The van der Waals surface area contributed by atoms with E-state index in [9.17, 15) is 19.2 Å². The van der Waals surface area contributed by atoms with Crippen LogP contribution in [-0.2, 0) is 19.2 Å². The van der Waals surface area contributed by atoms with Crippen molar-refractivity contribution in [2.45, 2.75) is 34.6 Å². The molecule has 0 fully saturated rings. The Labute approximate surface area is 262 Å². The molecule has 3 aromatic rings. The molecule has 3 rings (SSSR count). The van der Waals surface area contributed by atoms with Crippen molar-refractivity contribution in [1.82, 2.24) is 0 Å². The summed E-state index contributed by atoms with van der Waals surface area (Å²) in [5, 5.41) is 0. The van der Waals surface area contributed by atoms with Crippen LogP contribution in [-0.4, -0.2) is 23.9 Å². The third-order valence-corrected chi connectivity index (χ3v) is 6.18. The molecule has 0 aliphatic heterocycles. The molecule has 0 aliphatic carbocycles. The molecule has 0 amide bonds. The smallest absolute Gasteiger partial charge is 0.338 e. The number of carbonyl (C=O) groups is 4. The lowest BCUT2D eigenvalue weighted by atomic mass is 9.98. The van der Waals surface area contributed by atoms with Gasteiger partial charge in [-0.25, -0.2) is 19.2 Å². The van der Waals surface area contributed by atoms with Crippen LogP contribution in [0.5, 0.6) is 23.0 Å². The van der Waals surface area contributed by atoms with Crippen LogP contribution in [0, 0.1) is 6.92 Å². The van der Waals surface area contributed by atoms with Gasteiger partial charge in [0.05, 0.1) is 0 Å². The predicted octanol–water partition coefficient (Wildman–Crippen LogP) is 7.76. The molecule has 0 saturated carbocycles. The van der Waals surface area contributed by atoms with Crippen molar-refractivity contribution < 1.29 is 38.1 Å². The zero-order chi connectivity index (χ0) is 33.4. The fourth-order valence-electron chi connectivity index (χ4n) is 3.67. The quantitative estimate of drug-likeness (QED) is 0.0944. The van der Waals surface area contributed by atoms with E-state index in [4.69, 9.17) is 18.9 Å². The lowest BCUT2D eigenvalue weighted by Gasteiger charge is -2.14. The Morgan fingerprint density at radius 1 is 0.533 bits per heavy atom. The Kier molecular flexibility index (Phi) is 11.0. The SMILES string of the molecule is C=C(C)C(=O)Oc1ccc(/C=C/c2ccc(-c3ccc(OC(=O)C(=C)C)cc3OC(=O)C(=C)C)cc2C)c(OC(=O)C(=C)C)c1. The summed E-state index contributed by atoms with van der Waals surface area (Å²) in [7, 11) is 0. The van der Waals surface area contributed by atoms with Crippen molar-refractivity contribution in [3.63, 3.8) is 0 Å². The minimum absolute atomic E-state index is 0.178. The number of aryl methyl sites for hydroxylation is 1. The van der Waals surface area contributed by atoms with E-state index in [0.717, 1.165) is 16.7 Å². The Morgan fingerprint density at radius 2 is 0.956 bits per heavy atom. The highest BCUT2D eigenvalue weighted by Crippen LogP contribution is 2.36. The van der Waals surface area contributed by atoms with Crippen LogP contribution in [0.4, 0.5) is 0 Å². The molecular formula is C37H34O8.